The van der Waals surface area contributed by atoms with Crippen molar-refractivity contribution in [2.75, 3.05) is 17.7 Å². The number of amides is 1. The number of aromatic nitrogens is 1. The molecule has 0 fully saturated rings. The van der Waals surface area contributed by atoms with Gasteiger partial charge in [-0.05, 0) is 36.8 Å². The van der Waals surface area contributed by atoms with Crippen molar-refractivity contribution in [3.63, 3.8) is 0 Å². The third kappa shape index (κ3) is 4.84. The summed E-state index contributed by atoms with van der Waals surface area (Å²) in [5, 5.41) is 3.07. The number of carbonyl (C=O) groups excluding carboxylic acids is 2. The number of ether oxygens (including phenoxy) is 1. The summed E-state index contributed by atoms with van der Waals surface area (Å²) >= 11 is 1.13. The molecule has 2 aromatic carbocycles. The molecule has 7 heteroatoms. The number of benzene rings is 2. The number of rotatable bonds is 6. The van der Waals surface area contributed by atoms with Gasteiger partial charge in [-0.15, -0.1) is 0 Å². The Hall–Kier alpha value is -2.80. The Morgan fingerprint density at radius 2 is 2.04 bits per heavy atom. The summed E-state index contributed by atoms with van der Waals surface area (Å²) in [6.07, 6.45) is 0. The van der Waals surface area contributed by atoms with Crippen LogP contribution in [0.2, 0.25) is 0 Å². The predicted molar refractivity (Wildman–Crippen MR) is 95.5 cm³/mol. The van der Waals surface area contributed by atoms with E-state index in [-0.39, 0.29) is 18.3 Å². The van der Waals surface area contributed by atoms with Crippen LogP contribution >= 0.6 is 11.8 Å². The van der Waals surface area contributed by atoms with Gasteiger partial charge in [-0.25, -0.2) is 4.98 Å². The minimum atomic E-state index is -0.508. The fraction of sp³-hybridized carbons (Fsp3) is 0.167. The lowest BCUT2D eigenvalue weighted by Crippen LogP contribution is -2.21. The number of fused-ring (bicyclic) bond motifs is 1. The molecule has 128 valence electrons. The molecule has 1 N–H and O–H groups in total. The largest absolute Gasteiger partial charge is 0.455 e. The van der Waals surface area contributed by atoms with Crippen molar-refractivity contribution in [3.05, 3.63) is 54.1 Å². The molecule has 1 amide bonds. The van der Waals surface area contributed by atoms with E-state index >= 15 is 0 Å². The van der Waals surface area contributed by atoms with Crippen LogP contribution in [0.1, 0.15) is 5.56 Å². The number of oxazole rings is 1. The molecule has 0 saturated heterocycles. The first-order chi connectivity index (χ1) is 12.1. The van der Waals surface area contributed by atoms with Crippen LogP contribution in [-0.4, -0.2) is 29.2 Å². The number of para-hydroxylation sites is 2. The number of hydrogen-bond acceptors (Lipinski definition) is 6. The van der Waals surface area contributed by atoms with Gasteiger partial charge in [0.2, 0.25) is 0 Å². The second-order valence-electron chi connectivity index (χ2n) is 5.31. The van der Waals surface area contributed by atoms with Gasteiger partial charge in [-0.2, -0.15) is 0 Å². The number of carbonyl (C=O) groups is 2. The first-order valence-electron chi connectivity index (χ1n) is 7.61. The van der Waals surface area contributed by atoms with E-state index in [0.717, 1.165) is 22.8 Å². The van der Waals surface area contributed by atoms with Crippen molar-refractivity contribution in [2.45, 2.75) is 12.1 Å². The van der Waals surface area contributed by atoms with Crippen LogP contribution in [0.4, 0.5) is 5.69 Å². The lowest BCUT2D eigenvalue weighted by molar-refractivity contribution is -0.144. The van der Waals surface area contributed by atoms with Crippen LogP contribution in [-0.2, 0) is 14.3 Å². The fourth-order valence-electron chi connectivity index (χ4n) is 2.14. The summed E-state index contributed by atoms with van der Waals surface area (Å²) in [7, 11) is 0. The highest BCUT2D eigenvalue weighted by Gasteiger charge is 2.12. The van der Waals surface area contributed by atoms with Crippen molar-refractivity contribution in [1.29, 1.82) is 0 Å². The molecule has 1 aromatic heterocycles. The van der Waals surface area contributed by atoms with Gasteiger partial charge in [0.1, 0.15) is 11.3 Å². The van der Waals surface area contributed by atoms with Gasteiger partial charge < -0.3 is 14.5 Å². The number of thioether (sulfide) groups is 1. The Balaban J connectivity index is 1.43. The van der Waals surface area contributed by atoms with Gasteiger partial charge in [-0.1, -0.05) is 36.0 Å². The highest BCUT2D eigenvalue weighted by atomic mass is 32.2. The molecule has 0 atom stereocenters. The zero-order valence-corrected chi connectivity index (χ0v) is 14.3. The molecular formula is C18H16N2O4S. The normalized spacial score (nSPS) is 10.6. The predicted octanol–water partition coefficient (Wildman–Crippen LogP) is 3.41. The fourth-order valence-corrected chi connectivity index (χ4v) is 2.78. The van der Waals surface area contributed by atoms with E-state index in [1.807, 2.05) is 43.3 Å². The van der Waals surface area contributed by atoms with E-state index < -0.39 is 5.97 Å². The molecule has 0 unspecified atom stereocenters. The Morgan fingerprint density at radius 1 is 1.20 bits per heavy atom. The van der Waals surface area contributed by atoms with E-state index in [0.29, 0.717) is 16.5 Å². The molecule has 0 bridgehead atoms. The van der Waals surface area contributed by atoms with Crippen LogP contribution in [0, 0.1) is 6.92 Å². The van der Waals surface area contributed by atoms with Gasteiger partial charge in [0.15, 0.2) is 12.2 Å². The Labute approximate surface area is 148 Å². The van der Waals surface area contributed by atoms with Crippen LogP contribution in [0.5, 0.6) is 0 Å². The molecule has 0 aliphatic rings. The molecule has 0 aliphatic carbocycles. The third-order valence-electron chi connectivity index (χ3n) is 3.25. The summed E-state index contributed by atoms with van der Waals surface area (Å²) in [6, 6.07) is 14.7. The second-order valence-corrected chi connectivity index (χ2v) is 6.24. The quantitative estimate of drug-likeness (QED) is 0.538. The minimum Gasteiger partial charge on any atom is -0.455 e. The van der Waals surface area contributed by atoms with E-state index in [1.54, 1.807) is 12.1 Å². The number of esters is 1. The number of hydrogen-bond donors (Lipinski definition) is 1. The minimum absolute atomic E-state index is 0.0184. The lowest BCUT2D eigenvalue weighted by Gasteiger charge is -2.06. The van der Waals surface area contributed by atoms with Gasteiger partial charge in [0.25, 0.3) is 11.1 Å². The monoisotopic (exact) mass is 356 g/mol. The molecule has 6 nitrogen and oxygen atoms in total. The topological polar surface area (TPSA) is 81.4 Å². The van der Waals surface area contributed by atoms with Crippen molar-refractivity contribution < 1.29 is 18.7 Å². The summed E-state index contributed by atoms with van der Waals surface area (Å²) in [4.78, 5) is 27.8. The van der Waals surface area contributed by atoms with Crippen molar-refractivity contribution in [3.8, 4) is 0 Å². The van der Waals surface area contributed by atoms with Gasteiger partial charge >= 0.3 is 5.97 Å². The maximum absolute atomic E-state index is 11.8. The van der Waals surface area contributed by atoms with E-state index in [9.17, 15) is 9.59 Å². The van der Waals surface area contributed by atoms with Gasteiger partial charge in [-0.3, -0.25) is 9.59 Å². The number of nitrogens with zero attached hydrogens (tertiary/aromatic N) is 1. The first-order valence-corrected chi connectivity index (χ1v) is 8.59. The zero-order valence-electron chi connectivity index (χ0n) is 13.5. The molecular weight excluding hydrogens is 340 g/mol. The SMILES string of the molecule is Cc1cccc(NC(=O)COC(=O)CSc2nc3ccccc3o2)c1. The molecule has 0 spiro atoms. The third-order valence-corrected chi connectivity index (χ3v) is 4.06. The molecule has 3 rings (SSSR count). The molecule has 1 heterocycles. The molecule has 25 heavy (non-hydrogen) atoms. The maximum atomic E-state index is 11.8. The second kappa shape index (κ2) is 7.85. The number of nitrogens with one attached hydrogen (secondary N) is 1. The average Bonchev–Trinajstić information content (AvgIpc) is 3.01. The van der Waals surface area contributed by atoms with Crippen LogP contribution in [0.3, 0.4) is 0 Å². The summed E-state index contributed by atoms with van der Waals surface area (Å²) in [5.74, 6) is -0.873. The zero-order chi connectivity index (χ0) is 17.6. The highest BCUT2D eigenvalue weighted by molar-refractivity contribution is 7.99. The molecule has 0 radical (unpaired) electrons. The lowest BCUT2D eigenvalue weighted by atomic mass is 10.2. The van der Waals surface area contributed by atoms with Crippen LogP contribution in [0.25, 0.3) is 11.1 Å². The Morgan fingerprint density at radius 3 is 2.84 bits per heavy atom. The van der Waals surface area contributed by atoms with E-state index in [2.05, 4.69) is 10.3 Å². The van der Waals surface area contributed by atoms with Gasteiger partial charge in [0.05, 0.1) is 0 Å². The summed E-state index contributed by atoms with van der Waals surface area (Å²) < 4.78 is 10.5. The van der Waals surface area contributed by atoms with Crippen molar-refractivity contribution in [2.24, 2.45) is 0 Å². The van der Waals surface area contributed by atoms with Crippen molar-refractivity contribution in [1.82, 2.24) is 4.98 Å². The summed E-state index contributed by atoms with van der Waals surface area (Å²) in [5.41, 5.74) is 3.10. The standard InChI is InChI=1S/C18H16N2O4S/c1-12-5-4-6-13(9-12)19-16(21)10-23-17(22)11-25-18-20-14-7-2-3-8-15(14)24-18/h2-9H,10-11H2,1H3,(H,19,21). The average molecular weight is 356 g/mol. The smallest absolute Gasteiger partial charge is 0.316 e. The Bertz CT molecular complexity index is 874. The molecule has 0 saturated carbocycles. The van der Waals surface area contributed by atoms with Gasteiger partial charge in [0, 0.05) is 5.69 Å². The van der Waals surface area contributed by atoms with Crippen LogP contribution < -0.4 is 5.32 Å². The number of aryl methyl sites for hydroxylation is 1. The Kier molecular flexibility index (Phi) is 5.35. The van der Waals surface area contributed by atoms with Crippen LogP contribution in [0.15, 0.2) is 58.2 Å². The van der Waals surface area contributed by atoms with E-state index in [1.165, 1.54) is 0 Å². The molecule has 3 aromatic rings. The van der Waals surface area contributed by atoms with Crippen molar-refractivity contribution >= 4 is 40.4 Å². The highest BCUT2D eigenvalue weighted by Crippen LogP contribution is 2.23. The first kappa shape index (κ1) is 17.0. The maximum Gasteiger partial charge on any atom is 0.316 e. The number of anilines is 1. The summed E-state index contributed by atoms with van der Waals surface area (Å²) in [6.45, 7) is 1.60. The van der Waals surface area contributed by atoms with E-state index in [4.69, 9.17) is 9.15 Å². The molecule has 0 aliphatic heterocycles.